The molecule has 0 heterocycles. The molecule has 1 aromatic carbocycles. The quantitative estimate of drug-likeness (QED) is 0.788. The van der Waals surface area contributed by atoms with E-state index in [0.717, 1.165) is 37.8 Å². The molecular weight excluding hydrogens is 260 g/mol. The lowest BCUT2D eigenvalue weighted by atomic mass is 9.99. The third-order valence-corrected chi connectivity index (χ3v) is 3.74. The van der Waals surface area contributed by atoms with Crippen LogP contribution in [0.4, 0.5) is 5.69 Å². The number of amides is 1. The number of carbonyl (C=O) groups is 1. The summed E-state index contributed by atoms with van der Waals surface area (Å²) in [5.41, 5.74) is 7.61. The molecule has 106 valence electrons. The van der Waals surface area contributed by atoms with Crippen molar-refractivity contribution in [2.75, 3.05) is 12.3 Å². The van der Waals surface area contributed by atoms with Gasteiger partial charge < -0.3 is 11.1 Å². The monoisotopic (exact) mass is 282 g/mol. The number of nitrogens with two attached hydrogens (primary N) is 1. The number of hydrogen-bond acceptors (Lipinski definition) is 2. The molecule has 0 spiro atoms. The number of nitrogen functional groups attached to an aromatic ring is 1. The first-order chi connectivity index (χ1) is 8.66. The molecule has 19 heavy (non-hydrogen) atoms. The van der Waals surface area contributed by atoms with Crippen LogP contribution >= 0.6 is 12.4 Å². The van der Waals surface area contributed by atoms with Gasteiger partial charge in [0.05, 0.1) is 0 Å². The summed E-state index contributed by atoms with van der Waals surface area (Å²) in [4.78, 5) is 12.0. The van der Waals surface area contributed by atoms with Crippen molar-refractivity contribution >= 4 is 24.0 Å². The highest BCUT2D eigenvalue weighted by atomic mass is 35.5. The Morgan fingerprint density at radius 2 is 1.95 bits per heavy atom. The first-order valence-corrected chi connectivity index (χ1v) is 6.79. The van der Waals surface area contributed by atoms with Gasteiger partial charge in [0.2, 0.25) is 5.91 Å². The molecule has 0 aliphatic heterocycles. The number of rotatable bonds is 6. The van der Waals surface area contributed by atoms with E-state index in [1.165, 1.54) is 5.56 Å². The van der Waals surface area contributed by atoms with Crippen molar-refractivity contribution in [1.82, 2.24) is 5.32 Å². The van der Waals surface area contributed by atoms with Gasteiger partial charge in [-0.2, -0.15) is 0 Å². The minimum Gasteiger partial charge on any atom is -0.399 e. The lowest BCUT2D eigenvalue weighted by Gasteiger charge is -2.14. The average Bonchev–Trinajstić information content (AvgIpc) is 3.13. The predicted octanol–water partition coefficient (Wildman–Crippen LogP) is 2.93. The van der Waals surface area contributed by atoms with Crippen LogP contribution in [-0.2, 0) is 11.2 Å². The van der Waals surface area contributed by atoms with Crippen LogP contribution in [0.25, 0.3) is 0 Å². The highest BCUT2D eigenvalue weighted by molar-refractivity contribution is 5.85. The SMILES string of the molecule is CCCC1(C(=O)NCCc2ccc(N)cc2)CC1.Cl. The molecule has 3 nitrogen and oxygen atoms in total. The van der Waals surface area contributed by atoms with Gasteiger partial charge in [-0.05, 0) is 43.4 Å². The summed E-state index contributed by atoms with van der Waals surface area (Å²) < 4.78 is 0. The fraction of sp³-hybridized carbons (Fsp3) is 0.533. The molecule has 1 fully saturated rings. The Hall–Kier alpha value is -1.22. The molecule has 1 amide bonds. The largest absolute Gasteiger partial charge is 0.399 e. The van der Waals surface area contributed by atoms with Gasteiger partial charge in [0.25, 0.3) is 0 Å². The molecule has 1 aromatic rings. The smallest absolute Gasteiger partial charge is 0.226 e. The zero-order valence-corrected chi connectivity index (χ0v) is 12.3. The maximum atomic E-state index is 12.0. The van der Waals surface area contributed by atoms with Gasteiger partial charge in [0, 0.05) is 17.6 Å². The first kappa shape index (κ1) is 15.8. The van der Waals surface area contributed by atoms with E-state index < -0.39 is 0 Å². The van der Waals surface area contributed by atoms with Crippen LogP contribution in [0.15, 0.2) is 24.3 Å². The van der Waals surface area contributed by atoms with E-state index in [-0.39, 0.29) is 23.7 Å². The topological polar surface area (TPSA) is 55.1 Å². The van der Waals surface area contributed by atoms with Crippen molar-refractivity contribution < 1.29 is 4.79 Å². The van der Waals surface area contributed by atoms with E-state index in [0.29, 0.717) is 6.54 Å². The lowest BCUT2D eigenvalue weighted by Crippen LogP contribution is -2.33. The maximum absolute atomic E-state index is 12.0. The summed E-state index contributed by atoms with van der Waals surface area (Å²) in [5.74, 6) is 0.250. The standard InChI is InChI=1S/C15H22N2O.ClH/c1-2-8-15(9-10-15)14(18)17-11-7-12-3-5-13(16)6-4-12;/h3-6H,2,7-11,16H2,1H3,(H,17,18);1H. The summed E-state index contributed by atoms with van der Waals surface area (Å²) in [5, 5.41) is 3.06. The number of halogens is 1. The van der Waals surface area contributed by atoms with E-state index >= 15 is 0 Å². The Bertz CT molecular complexity index is 413. The van der Waals surface area contributed by atoms with E-state index in [9.17, 15) is 4.79 Å². The molecule has 1 aliphatic rings. The maximum Gasteiger partial charge on any atom is 0.226 e. The van der Waals surface area contributed by atoms with Crippen LogP contribution in [0.2, 0.25) is 0 Å². The summed E-state index contributed by atoms with van der Waals surface area (Å²) in [6.07, 6.45) is 5.11. The number of anilines is 1. The summed E-state index contributed by atoms with van der Waals surface area (Å²) in [6, 6.07) is 7.83. The molecule has 0 saturated heterocycles. The third-order valence-electron chi connectivity index (χ3n) is 3.74. The van der Waals surface area contributed by atoms with E-state index in [4.69, 9.17) is 5.73 Å². The molecule has 4 heteroatoms. The van der Waals surface area contributed by atoms with Gasteiger partial charge in [0.1, 0.15) is 0 Å². The van der Waals surface area contributed by atoms with Crippen LogP contribution in [0, 0.1) is 5.41 Å². The molecule has 0 bridgehead atoms. The molecule has 1 aliphatic carbocycles. The molecule has 0 radical (unpaired) electrons. The number of carbonyl (C=O) groups excluding carboxylic acids is 1. The van der Waals surface area contributed by atoms with Gasteiger partial charge in [-0.1, -0.05) is 25.5 Å². The highest BCUT2D eigenvalue weighted by Gasteiger charge is 2.48. The zero-order chi connectivity index (χ0) is 13.0. The predicted molar refractivity (Wildman–Crippen MR) is 81.4 cm³/mol. The van der Waals surface area contributed by atoms with Crippen LogP contribution in [0.1, 0.15) is 38.2 Å². The molecule has 2 rings (SSSR count). The Balaban J connectivity index is 0.00000180. The van der Waals surface area contributed by atoms with Gasteiger partial charge in [-0.3, -0.25) is 4.79 Å². The van der Waals surface area contributed by atoms with Gasteiger partial charge in [-0.25, -0.2) is 0 Å². The summed E-state index contributed by atoms with van der Waals surface area (Å²) in [6.45, 7) is 2.86. The molecule has 3 N–H and O–H groups in total. The second-order valence-corrected chi connectivity index (χ2v) is 5.28. The third kappa shape index (κ3) is 4.13. The first-order valence-electron chi connectivity index (χ1n) is 6.79. The Kier molecular flexibility index (Phi) is 5.67. The van der Waals surface area contributed by atoms with Gasteiger partial charge in [0.15, 0.2) is 0 Å². The van der Waals surface area contributed by atoms with Crippen molar-refractivity contribution in [2.24, 2.45) is 5.41 Å². The normalized spacial score (nSPS) is 15.4. The van der Waals surface area contributed by atoms with Gasteiger partial charge in [-0.15, -0.1) is 12.4 Å². The van der Waals surface area contributed by atoms with Crippen molar-refractivity contribution in [3.63, 3.8) is 0 Å². The molecule has 0 aromatic heterocycles. The fourth-order valence-electron chi connectivity index (χ4n) is 2.41. The minimum atomic E-state index is -0.0180. The Morgan fingerprint density at radius 1 is 1.32 bits per heavy atom. The molecule has 1 saturated carbocycles. The minimum absolute atomic E-state index is 0. The zero-order valence-electron chi connectivity index (χ0n) is 11.4. The number of benzene rings is 1. The van der Waals surface area contributed by atoms with Crippen molar-refractivity contribution in [3.8, 4) is 0 Å². The molecule has 0 unspecified atom stereocenters. The van der Waals surface area contributed by atoms with Crippen LogP contribution < -0.4 is 11.1 Å². The van der Waals surface area contributed by atoms with E-state index in [1.54, 1.807) is 0 Å². The second kappa shape index (κ2) is 6.80. The summed E-state index contributed by atoms with van der Waals surface area (Å²) >= 11 is 0. The average molecular weight is 283 g/mol. The lowest BCUT2D eigenvalue weighted by molar-refractivity contribution is -0.126. The van der Waals surface area contributed by atoms with Crippen molar-refractivity contribution in [2.45, 2.75) is 39.0 Å². The second-order valence-electron chi connectivity index (χ2n) is 5.28. The molecule has 0 atom stereocenters. The highest BCUT2D eigenvalue weighted by Crippen LogP contribution is 2.49. The molecular formula is C15H23ClN2O. The fourth-order valence-corrected chi connectivity index (χ4v) is 2.41. The Labute approximate surface area is 121 Å². The van der Waals surface area contributed by atoms with E-state index in [1.807, 2.05) is 24.3 Å². The van der Waals surface area contributed by atoms with Crippen LogP contribution in [0.3, 0.4) is 0 Å². The van der Waals surface area contributed by atoms with E-state index in [2.05, 4.69) is 12.2 Å². The van der Waals surface area contributed by atoms with Crippen LogP contribution in [0.5, 0.6) is 0 Å². The number of nitrogens with one attached hydrogen (secondary N) is 1. The summed E-state index contributed by atoms with van der Waals surface area (Å²) in [7, 11) is 0. The van der Waals surface area contributed by atoms with Crippen molar-refractivity contribution in [3.05, 3.63) is 29.8 Å². The van der Waals surface area contributed by atoms with Gasteiger partial charge >= 0.3 is 0 Å². The number of hydrogen-bond donors (Lipinski definition) is 2. The Morgan fingerprint density at radius 3 is 2.47 bits per heavy atom. The van der Waals surface area contributed by atoms with Crippen molar-refractivity contribution in [1.29, 1.82) is 0 Å². The van der Waals surface area contributed by atoms with Crippen LogP contribution in [-0.4, -0.2) is 12.5 Å².